The molecular formula is C16H21NO3. The summed E-state index contributed by atoms with van der Waals surface area (Å²) in [5.74, 6) is -0.542. The van der Waals surface area contributed by atoms with Crippen molar-refractivity contribution in [3.63, 3.8) is 0 Å². The molecule has 20 heavy (non-hydrogen) atoms. The third kappa shape index (κ3) is 4.37. The maximum atomic E-state index is 11.8. The third-order valence-electron chi connectivity index (χ3n) is 3.59. The molecule has 1 fully saturated rings. The number of ether oxygens (including phenoxy) is 1. The van der Waals surface area contributed by atoms with Gasteiger partial charge in [-0.15, -0.1) is 0 Å². The van der Waals surface area contributed by atoms with E-state index in [1.807, 2.05) is 31.2 Å². The highest BCUT2D eigenvalue weighted by Gasteiger charge is 2.22. The fraction of sp³-hybridized carbons (Fsp3) is 0.500. The lowest BCUT2D eigenvalue weighted by molar-refractivity contribution is -0.152. The first-order valence-corrected chi connectivity index (χ1v) is 7.18. The Kier molecular flexibility index (Phi) is 5.16. The van der Waals surface area contributed by atoms with Crippen LogP contribution >= 0.6 is 0 Å². The first-order valence-electron chi connectivity index (χ1n) is 7.18. The van der Waals surface area contributed by atoms with Crippen LogP contribution in [-0.2, 0) is 14.3 Å². The standard InChI is InChI=1S/C16H21NO3/c1-12-6-5-9-14(10-12)17-15(18)11-20-16(19)13-7-3-2-4-8-13/h5-6,9-10,13H,2-4,7-8,11H2,1H3,(H,17,18). The average molecular weight is 275 g/mol. The molecule has 0 bridgehead atoms. The summed E-state index contributed by atoms with van der Waals surface area (Å²) in [5, 5.41) is 2.72. The SMILES string of the molecule is Cc1cccc(NC(=O)COC(=O)C2CCCCC2)c1. The van der Waals surface area contributed by atoms with E-state index in [4.69, 9.17) is 4.74 Å². The minimum atomic E-state index is -0.292. The second kappa shape index (κ2) is 7.08. The van der Waals surface area contributed by atoms with Gasteiger partial charge in [0.15, 0.2) is 6.61 Å². The molecule has 0 spiro atoms. The molecule has 1 N–H and O–H groups in total. The van der Waals surface area contributed by atoms with Crippen molar-refractivity contribution in [1.82, 2.24) is 0 Å². The molecule has 1 aliphatic rings. The van der Waals surface area contributed by atoms with Crippen LogP contribution in [0.4, 0.5) is 5.69 Å². The third-order valence-corrected chi connectivity index (χ3v) is 3.59. The van der Waals surface area contributed by atoms with Crippen LogP contribution in [0.15, 0.2) is 24.3 Å². The summed E-state index contributed by atoms with van der Waals surface area (Å²) in [6, 6.07) is 7.52. The van der Waals surface area contributed by atoms with Gasteiger partial charge in [-0.2, -0.15) is 0 Å². The summed E-state index contributed by atoms with van der Waals surface area (Å²) in [7, 11) is 0. The largest absolute Gasteiger partial charge is 0.455 e. The molecule has 4 nitrogen and oxygen atoms in total. The smallest absolute Gasteiger partial charge is 0.309 e. The van der Waals surface area contributed by atoms with Crippen molar-refractivity contribution in [2.24, 2.45) is 5.92 Å². The van der Waals surface area contributed by atoms with Gasteiger partial charge in [0.25, 0.3) is 5.91 Å². The molecular weight excluding hydrogens is 254 g/mol. The van der Waals surface area contributed by atoms with Crippen molar-refractivity contribution in [1.29, 1.82) is 0 Å². The van der Waals surface area contributed by atoms with Gasteiger partial charge in [0.05, 0.1) is 5.92 Å². The van der Waals surface area contributed by atoms with E-state index in [0.717, 1.165) is 36.9 Å². The highest BCUT2D eigenvalue weighted by Crippen LogP contribution is 2.24. The Labute approximate surface area is 119 Å². The lowest BCUT2D eigenvalue weighted by atomic mass is 9.89. The molecule has 0 aliphatic heterocycles. The Balaban J connectivity index is 1.75. The topological polar surface area (TPSA) is 55.4 Å². The van der Waals surface area contributed by atoms with Crippen molar-refractivity contribution < 1.29 is 14.3 Å². The van der Waals surface area contributed by atoms with Crippen molar-refractivity contribution in [3.05, 3.63) is 29.8 Å². The minimum Gasteiger partial charge on any atom is -0.455 e. The van der Waals surface area contributed by atoms with Crippen LogP contribution in [0.1, 0.15) is 37.7 Å². The second-order valence-electron chi connectivity index (χ2n) is 5.36. The van der Waals surface area contributed by atoms with E-state index in [-0.39, 0.29) is 24.4 Å². The zero-order chi connectivity index (χ0) is 14.4. The highest BCUT2D eigenvalue weighted by molar-refractivity contribution is 5.92. The Morgan fingerprint density at radius 2 is 2.00 bits per heavy atom. The van der Waals surface area contributed by atoms with Crippen molar-refractivity contribution in [3.8, 4) is 0 Å². The molecule has 0 aromatic heterocycles. The maximum Gasteiger partial charge on any atom is 0.309 e. The highest BCUT2D eigenvalue weighted by atomic mass is 16.5. The fourth-order valence-electron chi connectivity index (χ4n) is 2.51. The number of rotatable bonds is 4. The van der Waals surface area contributed by atoms with E-state index < -0.39 is 0 Å². The molecule has 1 saturated carbocycles. The number of carbonyl (C=O) groups excluding carboxylic acids is 2. The number of anilines is 1. The van der Waals surface area contributed by atoms with E-state index >= 15 is 0 Å². The number of nitrogens with one attached hydrogen (secondary N) is 1. The molecule has 0 saturated heterocycles. The molecule has 2 rings (SSSR count). The first-order chi connectivity index (χ1) is 9.65. The van der Waals surface area contributed by atoms with Gasteiger partial charge >= 0.3 is 5.97 Å². The zero-order valence-corrected chi connectivity index (χ0v) is 11.9. The van der Waals surface area contributed by atoms with Crippen LogP contribution in [0, 0.1) is 12.8 Å². The van der Waals surface area contributed by atoms with E-state index in [1.54, 1.807) is 0 Å². The summed E-state index contributed by atoms with van der Waals surface area (Å²) in [5.41, 5.74) is 1.80. The Bertz CT molecular complexity index is 478. The Hall–Kier alpha value is -1.84. The van der Waals surface area contributed by atoms with Crippen LogP contribution in [0.5, 0.6) is 0 Å². The summed E-state index contributed by atoms with van der Waals surface area (Å²) in [4.78, 5) is 23.5. The number of hydrogen-bond donors (Lipinski definition) is 1. The van der Waals surface area contributed by atoms with Crippen LogP contribution in [0.3, 0.4) is 0 Å². The lowest BCUT2D eigenvalue weighted by Gasteiger charge is -2.19. The molecule has 1 amide bonds. The number of amides is 1. The van der Waals surface area contributed by atoms with Gasteiger partial charge in [-0.3, -0.25) is 9.59 Å². The molecule has 0 atom stereocenters. The van der Waals surface area contributed by atoms with Crippen LogP contribution in [0.2, 0.25) is 0 Å². The van der Waals surface area contributed by atoms with Crippen LogP contribution in [0.25, 0.3) is 0 Å². The van der Waals surface area contributed by atoms with E-state index in [1.165, 1.54) is 6.42 Å². The summed E-state index contributed by atoms with van der Waals surface area (Å²) in [6.45, 7) is 1.75. The predicted molar refractivity (Wildman–Crippen MR) is 77.3 cm³/mol. The van der Waals surface area contributed by atoms with Crippen molar-refractivity contribution >= 4 is 17.6 Å². The van der Waals surface area contributed by atoms with Gasteiger partial charge in [0.1, 0.15) is 0 Å². The first kappa shape index (κ1) is 14.6. The van der Waals surface area contributed by atoms with Crippen LogP contribution < -0.4 is 5.32 Å². The van der Waals surface area contributed by atoms with Gasteiger partial charge in [0, 0.05) is 5.69 Å². The number of aryl methyl sites for hydroxylation is 1. The molecule has 0 radical (unpaired) electrons. The van der Waals surface area contributed by atoms with Gasteiger partial charge in [-0.05, 0) is 37.5 Å². The van der Waals surface area contributed by atoms with Crippen molar-refractivity contribution in [2.75, 3.05) is 11.9 Å². The fourth-order valence-corrected chi connectivity index (χ4v) is 2.51. The van der Waals surface area contributed by atoms with E-state index in [0.29, 0.717) is 0 Å². The summed E-state index contributed by atoms with van der Waals surface area (Å²) in [6.07, 6.45) is 5.12. The zero-order valence-electron chi connectivity index (χ0n) is 11.9. The molecule has 108 valence electrons. The molecule has 0 heterocycles. The molecule has 1 aromatic rings. The minimum absolute atomic E-state index is 0.0180. The monoisotopic (exact) mass is 275 g/mol. The van der Waals surface area contributed by atoms with E-state index in [9.17, 15) is 9.59 Å². The number of benzene rings is 1. The predicted octanol–water partition coefficient (Wildman–Crippen LogP) is 3.06. The normalized spacial score (nSPS) is 15.7. The van der Waals surface area contributed by atoms with Crippen LogP contribution in [-0.4, -0.2) is 18.5 Å². The molecule has 1 aliphatic carbocycles. The summed E-state index contributed by atoms with van der Waals surface area (Å²) >= 11 is 0. The molecule has 1 aromatic carbocycles. The lowest BCUT2D eigenvalue weighted by Crippen LogP contribution is -2.26. The van der Waals surface area contributed by atoms with Gasteiger partial charge in [0.2, 0.25) is 0 Å². The second-order valence-corrected chi connectivity index (χ2v) is 5.36. The molecule has 4 heteroatoms. The number of esters is 1. The van der Waals surface area contributed by atoms with Gasteiger partial charge in [-0.1, -0.05) is 31.4 Å². The van der Waals surface area contributed by atoms with Gasteiger partial charge in [-0.25, -0.2) is 0 Å². The Morgan fingerprint density at radius 3 is 2.70 bits per heavy atom. The molecule has 0 unspecified atom stereocenters. The number of carbonyl (C=O) groups is 2. The Morgan fingerprint density at radius 1 is 1.25 bits per heavy atom. The number of hydrogen-bond acceptors (Lipinski definition) is 3. The van der Waals surface area contributed by atoms with Crippen molar-refractivity contribution in [2.45, 2.75) is 39.0 Å². The summed E-state index contributed by atoms with van der Waals surface area (Å²) < 4.78 is 5.09. The van der Waals surface area contributed by atoms with Gasteiger partial charge < -0.3 is 10.1 Å². The maximum absolute atomic E-state index is 11.8. The van der Waals surface area contributed by atoms with E-state index in [2.05, 4.69) is 5.32 Å². The average Bonchev–Trinajstić information content (AvgIpc) is 2.46. The quantitative estimate of drug-likeness (QED) is 0.859.